The Hall–Kier alpha value is -2.59. The zero-order chi connectivity index (χ0) is 18.7. The predicted molar refractivity (Wildman–Crippen MR) is 101 cm³/mol. The fourth-order valence-corrected chi connectivity index (χ4v) is 4.38. The second kappa shape index (κ2) is 7.34. The molecule has 2 heterocycles. The van der Waals surface area contributed by atoms with Gasteiger partial charge >= 0.3 is 0 Å². The minimum Gasteiger partial charge on any atom is -0.371 e. The molecule has 1 saturated heterocycles. The summed E-state index contributed by atoms with van der Waals surface area (Å²) >= 11 is 0. The largest absolute Gasteiger partial charge is 0.371 e. The summed E-state index contributed by atoms with van der Waals surface area (Å²) in [5.74, 6) is 0. The number of sulfone groups is 1. The molecular weight excluding hydrogens is 350 g/mol. The first-order valence-corrected chi connectivity index (χ1v) is 10.5. The molecule has 0 radical (unpaired) electrons. The van der Waals surface area contributed by atoms with Crippen LogP contribution in [0.15, 0.2) is 47.4 Å². The third kappa shape index (κ3) is 4.14. The average molecular weight is 371 g/mol. The Morgan fingerprint density at radius 3 is 2.58 bits per heavy atom. The van der Waals surface area contributed by atoms with Gasteiger partial charge in [-0.1, -0.05) is 12.1 Å². The van der Waals surface area contributed by atoms with Gasteiger partial charge in [0.05, 0.1) is 17.4 Å². The van der Waals surface area contributed by atoms with Crippen molar-refractivity contribution in [1.82, 2.24) is 4.57 Å². The smallest absolute Gasteiger partial charge is 0.250 e. The normalized spacial score (nSPS) is 15.6. The fourth-order valence-electron chi connectivity index (χ4n) is 3.31. The maximum Gasteiger partial charge on any atom is 0.250 e. The highest BCUT2D eigenvalue weighted by atomic mass is 32.2. The van der Waals surface area contributed by atoms with Crippen molar-refractivity contribution in [2.75, 3.05) is 24.2 Å². The van der Waals surface area contributed by atoms with Crippen LogP contribution in [0.3, 0.4) is 0 Å². The maximum atomic E-state index is 12.0. The lowest BCUT2D eigenvalue weighted by atomic mass is 10.1. The molecule has 1 aromatic carbocycles. The molecule has 0 saturated carbocycles. The molecule has 0 N–H and O–H groups in total. The van der Waals surface area contributed by atoms with Crippen LogP contribution in [0, 0.1) is 11.3 Å². The van der Waals surface area contributed by atoms with Gasteiger partial charge in [-0.05, 0) is 36.6 Å². The highest BCUT2D eigenvalue weighted by Crippen LogP contribution is 2.24. The molecule has 0 aliphatic carbocycles. The van der Waals surface area contributed by atoms with Crippen LogP contribution in [0.4, 0.5) is 5.69 Å². The third-order valence-electron chi connectivity index (χ3n) is 4.79. The van der Waals surface area contributed by atoms with E-state index in [4.69, 9.17) is 5.26 Å². The fraction of sp³-hybridized carbons (Fsp3) is 0.368. The van der Waals surface area contributed by atoms with Crippen LogP contribution in [0.2, 0.25) is 0 Å². The minimum absolute atomic E-state index is 0.150. The number of nitriles is 1. The van der Waals surface area contributed by atoms with Gasteiger partial charge < -0.3 is 9.47 Å². The van der Waals surface area contributed by atoms with Gasteiger partial charge in [-0.15, -0.1) is 0 Å². The van der Waals surface area contributed by atoms with Gasteiger partial charge in [0.1, 0.15) is 15.9 Å². The van der Waals surface area contributed by atoms with Crippen molar-refractivity contribution >= 4 is 15.5 Å². The molecule has 7 heteroatoms. The quantitative estimate of drug-likeness (QED) is 0.818. The van der Waals surface area contributed by atoms with Crippen LogP contribution in [0.1, 0.15) is 24.0 Å². The van der Waals surface area contributed by atoms with Crippen molar-refractivity contribution in [3.8, 4) is 6.07 Å². The van der Waals surface area contributed by atoms with Gasteiger partial charge in [0.25, 0.3) is 5.56 Å². The molecular formula is C19H21N3O3S. The number of anilines is 1. The van der Waals surface area contributed by atoms with Crippen molar-refractivity contribution in [2.24, 2.45) is 0 Å². The van der Waals surface area contributed by atoms with Crippen LogP contribution < -0.4 is 10.5 Å². The Morgan fingerprint density at radius 2 is 1.92 bits per heavy atom. The van der Waals surface area contributed by atoms with Gasteiger partial charge in [-0.25, -0.2) is 8.42 Å². The lowest BCUT2D eigenvalue weighted by Gasteiger charge is -2.33. The molecule has 1 aromatic heterocycles. The molecule has 6 nitrogen and oxygen atoms in total. The molecule has 0 spiro atoms. The van der Waals surface area contributed by atoms with Crippen molar-refractivity contribution in [2.45, 2.75) is 24.6 Å². The predicted octanol–water partition coefficient (Wildman–Crippen LogP) is 1.78. The second-order valence-electron chi connectivity index (χ2n) is 6.68. The second-order valence-corrected chi connectivity index (χ2v) is 9.01. The highest BCUT2D eigenvalue weighted by Gasteiger charge is 2.26. The van der Waals surface area contributed by atoms with E-state index in [0.717, 1.165) is 11.3 Å². The topological polar surface area (TPSA) is 83.2 Å². The number of nitrogens with zero attached hydrogens (tertiary/aromatic N) is 3. The summed E-state index contributed by atoms with van der Waals surface area (Å²) in [7, 11) is -2.98. The van der Waals surface area contributed by atoms with Gasteiger partial charge in [0, 0.05) is 37.3 Å². The van der Waals surface area contributed by atoms with Gasteiger partial charge in [-0.2, -0.15) is 5.26 Å². The molecule has 0 bridgehead atoms. The van der Waals surface area contributed by atoms with Gasteiger partial charge in [0.2, 0.25) is 0 Å². The summed E-state index contributed by atoms with van der Waals surface area (Å²) in [5.41, 5.74) is 2.29. The minimum atomic E-state index is -2.98. The Bertz CT molecular complexity index is 997. The standard InChI is InChI=1S/C19H21N3O3S/c1-26(24,25)18-7-9-21(10-8-18)17-4-2-3-15(11-17)13-22-14-16(12-20)5-6-19(22)23/h2-6,11,14,18H,7-10,13H2,1H3. The van der Waals surface area contributed by atoms with E-state index in [1.54, 1.807) is 6.20 Å². The van der Waals surface area contributed by atoms with Gasteiger partial charge in [-0.3, -0.25) is 4.79 Å². The van der Waals surface area contributed by atoms with E-state index in [9.17, 15) is 13.2 Å². The van der Waals surface area contributed by atoms with E-state index in [-0.39, 0.29) is 10.8 Å². The molecule has 0 atom stereocenters. The summed E-state index contributed by atoms with van der Waals surface area (Å²) in [5, 5.41) is 8.74. The van der Waals surface area contributed by atoms with E-state index >= 15 is 0 Å². The van der Waals surface area contributed by atoms with Crippen LogP contribution >= 0.6 is 0 Å². The van der Waals surface area contributed by atoms with E-state index < -0.39 is 9.84 Å². The zero-order valence-electron chi connectivity index (χ0n) is 14.6. The van der Waals surface area contributed by atoms with Crippen LogP contribution in [0.5, 0.6) is 0 Å². The van der Waals surface area contributed by atoms with Crippen molar-refractivity contribution in [3.05, 3.63) is 64.1 Å². The first-order chi connectivity index (χ1) is 12.4. The lowest BCUT2D eigenvalue weighted by molar-refractivity contribution is 0.534. The number of rotatable bonds is 4. The first kappa shape index (κ1) is 18.2. The maximum absolute atomic E-state index is 12.0. The van der Waals surface area contributed by atoms with Gasteiger partial charge in [0.15, 0.2) is 0 Å². The summed E-state index contributed by atoms with van der Waals surface area (Å²) < 4.78 is 24.9. The molecule has 136 valence electrons. The Kier molecular flexibility index (Phi) is 5.14. The molecule has 1 aliphatic rings. The molecule has 1 fully saturated rings. The monoisotopic (exact) mass is 371 g/mol. The Balaban J connectivity index is 1.76. The number of piperidine rings is 1. The Labute approximate surface area is 153 Å². The van der Waals surface area contributed by atoms with E-state index in [2.05, 4.69) is 4.90 Å². The summed E-state index contributed by atoms with van der Waals surface area (Å²) in [4.78, 5) is 14.2. The van der Waals surface area contributed by atoms with Crippen LogP contribution in [-0.4, -0.2) is 37.6 Å². The number of aromatic nitrogens is 1. The SMILES string of the molecule is CS(=O)(=O)C1CCN(c2cccc(Cn3cc(C#N)ccc3=O)c2)CC1. The molecule has 26 heavy (non-hydrogen) atoms. The first-order valence-electron chi connectivity index (χ1n) is 8.50. The molecule has 2 aromatic rings. The summed E-state index contributed by atoms with van der Waals surface area (Å²) in [6.07, 6.45) is 4.13. The zero-order valence-corrected chi connectivity index (χ0v) is 15.4. The Morgan fingerprint density at radius 1 is 1.19 bits per heavy atom. The van der Waals surface area contributed by atoms with Crippen molar-refractivity contribution < 1.29 is 8.42 Å². The number of benzene rings is 1. The number of hydrogen-bond donors (Lipinski definition) is 0. The lowest BCUT2D eigenvalue weighted by Crippen LogP contribution is -2.39. The van der Waals surface area contributed by atoms with Crippen LogP contribution in [-0.2, 0) is 16.4 Å². The van der Waals surface area contributed by atoms with Crippen molar-refractivity contribution in [1.29, 1.82) is 5.26 Å². The molecule has 1 aliphatic heterocycles. The number of hydrogen-bond acceptors (Lipinski definition) is 5. The molecule has 0 unspecified atom stereocenters. The number of pyridine rings is 1. The van der Waals surface area contributed by atoms with E-state index in [1.807, 2.05) is 30.3 Å². The average Bonchev–Trinajstić information content (AvgIpc) is 2.63. The third-order valence-corrected chi connectivity index (χ3v) is 6.47. The van der Waals surface area contributed by atoms with Crippen LogP contribution in [0.25, 0.3) is 0 Å². The summed E-state index contributed by atoms with van der Waals surface area (Å²) in [6.45, 7) is 1.79. The van der Waals surface area contributed by atoms with E-state index in [0.29, 0.717) is 38.0 Å². The molecule has 3 rings (SSSR count). The van der Waals surface area contributed by atoms with E-state index in [1.165, 1.54) is 23.0 Å². The highest BCUT2D eigenvalue weighted by molar-refractivity contribution is 7.91. The molecule has 0 amide bonds. The van der Waals surface area contributed by atoms with Crippen molar-refractivity contribution in [3.63, 3.8) is 0 Å². The summed E-state index contributed by atoms with van der Waals surface area (Å²) in [6, 6.07) is 12.9.